The summed E-state index contributed by atoms with van der Waals surface area (Å²) in [4.78, 5) is 7.67. The number of nitrogens with zero attached hydrogens (tertiary/aromatic N) is 1. The monoisotopic (exact) mass is 235 g/mol. The van der Waals surface area contributed by atoms with Crippen LogP contribution in [0.2, 0.25) is 0 Å². The second-order valence-electron chi connectivity index (χ2n) is 4.70. The lowest BCUT2D eigenvalue weighted by Crippen LogP contribution is -2.24. The Labute approximate surface area is 98.1 Å². The van der Waals surface area contributed by atoms with Crippen LogP contribution in [0, 0.1) is 6.07 Å². The second-order valence-corrected chi connectivity index (χ2v) is 4.70. The highest BCUT2D eigenvalue weighted by atomic mass is 19.3. The third-order valence-corrected chi connectivity index (χ3v) is 3.45. The Morgan fingerprint density at radius 1 is 1.35 bits per heavy atom. The predicted octanol–water partition coefficient (Wildman–Crippen LogP) is 3.66. The van der Waals surface area contributed by atoms with Crippen LogP contribution >= 0.6 is 0 Å². The molecule has 1 radical (unpaired) electrons. The minimum absolute atomic E-state index is 0.0269. The van der Waals surface area contributed by atoms with Gasteiger partial charge in [0.1, 0.15) is 5.82 Å². The first-order valence-corrected chi connectivity index (χ1v) is 5.88. The maximum absolute atomic E-state index is 13.1. The van der Waals surface area contributed by atoms with Crippen molar-refractivity contribution in [3.05, 3.63) is 30.1 Å². The average Bonchev–Trinajstić information content (AvgIpc) is 2.72. The SMILES string of the molecule is FC1(F)CCC(c2nc3c[c]ccc3[nH]2)CC1. The summed E-state index contributed by atoms with van der Waals surface area (Å²) >= 11 is 0. The highest BCUT2D eigenvalue weighted by molar-refractivity contribution is 5.74. The Kier molecular flexibility index (Phi) is 2.38. The summed E-state index contributed by atoms with van der Waals surface area (Å²) in [5, 5.41) is 0. The maximum Gasteiger partial charge on any atom is 0.248 e. The number of rotatable bonds is 1. The number of alkyl halides is 2. The van der Waals surface area contributed by atoms with E-state index in [2.05, 4.69) is 16.0 Å². The molecule has 1 aromatic carbocycles. The molecule has 0 amide bonds. The van der Waals surface area contributed by atoms with Gasteiger partial charge in [0.15, 0.2) is 0 Å². The molecule has 1 fully saturated rings. The van der Waals surface area contributed by atoms with Crippen molar-refractivity contribution in [3.8, 4) is 0 Å². The van der Waals surface area contributed by atoms with Crippen molar-refractivity contribution in [2.45, 2.75) is 37.5 Å². The van der Waals surface area contributed by atoms with Crippen LogP contribution in [0.5, 0.6) is 0 Å². The zero-order valence-electron chi connectivity index (χ0n) is 9.34. The summed E-state index contributed by atoms with van der Waals surface area (Å²) in [6.45, 7) is 0. The summed E-state index contributed by atoms with van der Waals surface area (Å²) in [6.07, 6.45) is 0.967. The van der Waals surface area contributed by atoms with E-state index in [1.807, 2.05) is 18.2 Å². The van der Waals surface area contributed by atoms with Crippen LogP contribution in [0.4, 0.5) is 8.78 Å². The van der Waals surface area contributed by atoms with E-state index in [1.54, 1.807) is 0 Å². The fraction of sp³-hybridized carbons (Fsp3) is 0.462. The fourth-order valence-electron chi connectivity index (χ4n) is 2.42. The molecule has 2 aromatic rings. The van der Waals surface area contributed by atoms with Gasteiger partial charge in [-0.1, -0.05) is 6.07 Å². The number of aromatic amines is 1. The zero-order chi connectivity index (χ0) is 11.9. The molecule has 1 aromatic heterocycles. The lowest BCUT2D eigenvalue weighted by atomic mass is 9.86. The van der Waals surface area contributed by atoms with Crippen molar-refractivity contribution in [1.29, 1.82) is 0 Å². The number of hydrogen-bond acceptors (Lipinski definition) is 1. The summed E-state index contributed by atoms with van der Waals surface area (Å²) in [5.74, 6) is -1.49. The zero-order valence-corrected chi connectivity index (χ0v) is 9.34. The average molecular weight is 235 g/mol. The van der Waals surface area contributed by atoms with Gasteiger partial charge in [-0.05, 0) is 31.0 Å². The highest BCUT2D eigenvalue weighted by Crippen LogP contribution is 2.40. The largest absolute Gasteiger partial charge is 0.342 e. The van der Waals surface area contributed by atoms with Crippen LogP contribution in [0.1, 0.15) is 37.4 Å². The number of fused-ring (bicyclic) bond motifs is 1. The van der Waals surface area contributed by atoms with Crippen LogP contribution in [0.15, 0.2) is 18.2 Å². The second kappa shape index (κ2) is 3.79. The van der Waals surface area contributed by atoms with Crippen LogP contribution in [0.3, 0.4) is 0 Å². The first kappa shape index (κ1) is 10.7. The van der Waals surface area contributed by atoms with Crippen LogP contribution < -0.4 is 0 Å². The van der Waals surface area contributed by atoms with Gasteiger partial charge in [0, 0.05) is 18.8 Å². The van der Waals surface area contributed by atoms with Crippen molar-refractivity contribution in [1.82, 2.24) is 9.97 Å². The number of benzene rings is 1. The number of hydrogen-bond donors (Lipinski definition) is 1. The lowest BCUT2D eigenvalue weighted by molar-refractivity contribution is -0.0387. The summed E-state index contributed by atoms with van der Waals surface area (Å²) in [7, 11) is 0. The third kappa shape index (κ3) is 2.04. The van der Waals surface area contributed by atoms with Gasteiger partial charge in [-0.25, -0.2) is 13.8 Å². The summed E-state index contributed by atoms with van der Waals surface area (Å²) in [6, 6.07) is 8.50. The molecule has 1 N–H and O–H groups in total. The number of halogens is 2. The van der Waals surface area contributed by atoms with E-state index in [9.17, 15) is 8.78 Å². The van der Waals surface area contributed by atoms with E-state index < -0.39 is 5.92 Å². The molecule has 17 heavy (non-hydrogen) atoms. The molecule has 89 valence electrons. The van der Waals surface area contributed by atoms with Gasteiger partial charge in [-0.15, -0.1) is 0 Å². The van der Waals surface area contributed by atoms with E-state index in [1.165, 1.54) is 0 Å². The molecule has 0 aliphatic heterocycles. The molecule has 0 spiro atoms. The molecule has 0 atom stereocenters. The van der Waals surface area contributed by atoms with Crippen molar-refractivity contribution in [2.75, 3.05) is 0 Å². The van der Waals surface area contributed by atoms with Crippen molar-refractivity contribution in [2.24, 2.45) is 0 Å². The van der Waals surface area contributed by atoms with Gasteiger partial charge < -0.3 is 4.98 Å². The Morgan fingerprint density at radius 2 is 2.12 bits per heavy atom. The quantitative estimate of drug-likeness (QED) is 0.802. The van der Waals surface area contributed by atoms with Gasteiger partial charge in [0.05, 0.1) is 11.0 Å². The van der Waals surface area contributed by atoms with Gasteiger partial charge >= 0.3 is 0 Å². The van der Waals surface area contributed by atoms with Crippen molar-refractivity contribution in [3.63, 3.8) is 0 Å². The molecule has 2 nitrogen and oxygen atoms in total. The number of nitrogens with one attached hydrogen (secondary N) is 1. The number of aromatic nitrogens is 2. The molecule has 4 heteroatoms. The summed E-state index contributed by atoms with van der Waals surface area (Å²) in [5.41, 5.74) is 1.82. The van der Waals surface area contributed by atoms with E-state index in [0.717, 1.165) is 16.9 Å². The van der Waals surface area contributed by atoms with E-state index >= 15 is 0 Å². The maximum atomic E-state index is 13.1. The van der Waals surface area contributed by atoms with Crippen LogP contribution in [-0.4, -0.2) is 15.9 Å². The molecular formula is C13H13F2N2. The lowest BCUT2D eigenvalue weighted by Gasteiger charge is -2.26. The topological polar surface area (TPSA) is 28.7 Å². The molecule has 0 saturated heterocycles. The molecule has 1 heterocycles. The molecule has 1 saturated carbocycles. The fourth-order valence-corrected chi connectivity index (χ4v) is 2.42. The van der Waals surface area contributed by atoms with Crippen molar-refractivity contribution >= 4 is 11.0 Å². The Hall–Kier alpha value is -1.45. The van der Waals surface area contributed by atoms with E-state index in [-0.39, 0.29) is 18.8 Å². The minimum atomic E-state index is -2.48. The molecule has 0 unspecified atom stereocenters. The standard InChI is InChI=1S/C13H13F2N2/c14-13(15)7-5-9(6-8-13)12-16-10-3-1-2-4-11(10)17-12/h1,3-4,9H,5-8H2,(H,16,17). The van der Waals surface area contributed by atoms with E-state index in [4.69, 9.17) is 0 Å². The van der Waals surface area contributed by atoms with Gasteiger partial charge in [-0.2, -0.15) is 0 Å². The van der Waals surface area contributed by atoms with Gasteiger partial charge in [0.25, 0.3) is 0 Å². The van der Waals surface area contributed by atoms with Crippen molar-refractivity contribution < 1.29 is 8.78 Å². The normalized spacial score (nSPS) is 20.8. The Bertz CT molecular complexity index is 490. The first-order chi connectivity index (χ1) is 8.14. The highest BCUT2D eigenvalue weighted by Gasteiger charge is 2.36. The first-order valence-electron chi connectivity index (χ1n) is 5.88. The van der Waals surface area contributed by atoms with Gasteiger partial charge in [-0.3, -0.25) is 0 Å². The molecule has 1 aliphatic rings. The Balaban J connectivity index is 1.85. The van der Waals surface area contributed by atoms with Crippen LogP contribution in [0.25, 0.3) is 11.0 Å². The molecular weight excluding hydrogens is 222 g/mol. The third-order valence-electron chi connectivity index (χ3n) is 3.45. The Morgan fingerprint density at radius 3 is 2.82 bits per heavy atom. The smallest absolute Gasteiger partial charge is 0.248 e. The minimum Gasteiger partial charge on any atom is -0.342 e. The summed E-state index contributed by atoms with van der Waals surface area (Å²) < 4.78 is 26.1. The number of imidazole rings is 1. The van der Waals surface area contributed by atoms with Crippen LogP contribution in [-0.2, 0) is 0 Å². The molecule has 1 aliphatic carbocycles. The van der Waals surface area contributed by atoms with E-state index in [0.29, 0.717) is 12.8 Å². The molecule has 0 bridgehead atoms. The van der Waals surface area contributed by atoms with Gasteiger partial charge in [0.2, 0.25) is 5.92 Å². The molecule has 3 rings (SSSR count). The predicted molar refractivity (Wildman–Crippen MR) is 61.1 cm³/mol. The number of H-pyrrole nitrogens is 1.